The molecule has 1 saturated carbocycles. The van der Waals surface area contributed by atoms with Crippen LogP contribution in [0.25, 0.3) is 11.6 Å². The molecule has 0 aromatic carbocycles. The van der Waals surface area contributed by atoms with Crippen LogP contribution in [-0.4, -0.2) is 38.1 Å². The number of hydrogen-bond donors (Lipinski definition) is 2. The minimum absolute atomic E-state index is 0.178. The summed E-state index contributed by atoms with van der Waals surface area (Å²) in [6.07, 6.45) is 13.3. The fraction of sp³-hybridized carbons (Fsp3) is 0.433. The summed E-state index contributed by atoms with van der Waals surface area (Å²) in [7, 11) is 1.89. The average molecular weight is 515 g/mol. The van der Waals surface area contributed by atoms with Crippen molar-refractivity contribution in [1.82, 2.24) is 25.1 Å². The van der Waals surface area contributed by atoms with Gasteiger partial charge in [0.25, 0.3) is 11.8 Å². The molecule has 1 fully saturated rings. The van der Waals surface area contributed by atoms with Crippen molar-refractivity contribution in [3.8, 4) is 0 Å². The Morgan fingerprint density at radius 3 is 2.39 bits per heavy atom. The highest BCUT2D eigenvalue weighted by Gasteiger charge is 2.34. The minimum Gasteiger partial charge on any atom is -0.352 e. The van der Waals surface area contributed by atoms with Crippen LogP contribution in [0.1, 0.15) is 89.7 Å². The second-order valence-electron chi connectivity index (χ2n) is 10.9. The highest BCUT2D eigenvalue weighted by atomic mass is 16.2. The first kappa shape index (κ1) is 27.2. The van der Waals surface area contributed by atoms with Crippen molar-refractivity contribution in [3.63, 3.8) is 0 Å². The van der Waals surface area contributed by atoms with E-state index in [0.717, 1.165) is 35.2 Å². The van der Waals surface area contributed by atoms with Crippen molar-refractivity contribution in [1.29, 1.82) is 0 Å². The maximum absolute atomic E-state index is 13.2. The van der Waals surface area contributed by atoms with E-state index in [9.17, 15) is 9.59 Å². The lowest BCUT2D eigenvalue weighted by Crippen LogP contribution is -2.33. The molecule has 3 aromatic heterocycles. The molecule has 3 aromatic rings. The smallest absolute Gasteiger partial charge is 0.257 e. The van der Waals surface area contributed by atoms with E-state index in [2.05, 4.69) is 52.5 Å². The van der Waals surface area contributed by atoms with Crippen LogP contribution in [0.2, 0.25) is 0 Å². The zero-order valence-corrected chi connectivity index (χ0v) is 23.3. The molecule has 2 N–H and O–H groups in total. The van der Waals surface area contributed by atoms with Gasteiger partial charge in [0.2, 0.25) is 0 Å². The Kier molecular flexibility index (Phi) is 8.09. The summed E-state index contributed by atoms with van der Waals surface area (Å²) in [4.78, 5) is 34.9. The van der Waals surface area contributed by atoms with Gasteiger partial charge in [0.1, 0.15) is 0 Å². The van der Waals surface area contributed by atoms with E-state index in [1.165, 1.54) is 12.8 Å². The third-order valence-corrected chi connectivity index (χ3v) is 7.76. The lowest BCUT2D eigenvalue weighted by Gasteiger charge is -2.27. The van der Waals surface area contributed by atoms with Gasteiger partial charge in [0.15, 0.2) is 0 Å². The van der Waals surface area contributed by atoms with Crippen LogP contribution < -0.4 is 10.6 Å². The van der Waals surface area contributed by atoms with Gasteiger partial charge in [0.05, 0.1) is 28.7 Å². The van der Waals surface area contributed by atoms with Gasteiger partial charge in [-0.15, -0.1) is 0 Å². The number of allylic oxidation sites excluding steroid dienone is 1. The van der Waals surface area contributed by atoms with E-state index >= 15 is 0 Å². The SMILES string of the molecule is CC/C(=C\c1cc(C(=O)Nc2cc(C(=O)NCC3CCCC3(C)C)cnc2C)cnc1C)c1cnn(C)c1. The number of nitrogens with one attached hydrogen (secondary N) is 2. The second-order valence-corrected chi connectivity index (χ2v) is 10.9. The molecule has 1 aliphatic rings. The molecule has 38 heavy (non-hydrogen) atoms. The predicted octanol–water partition coefficient (Wildman–Crippen LogP) is 5.59. The second kappa shape index (κ2) is 11.3. The molecule has 8 nitrogen and oxygen atoms in total. The maximum Gasteiger partial charge on any atom is 0.257 e. The summed E-state index contributed by atoms with van der Waals surface area (Å²) >= 11 is 0. The van der Waals surface area contributed by atoms with Crippen molar-refractivity contribution in [3.05, 3.63) is 70.6 Å². The van der Waals surface area contributed by atoms with E-state index in [1.807, 2.05) is 32.4 Å². The quantitative estimate of drug-likeness (QED) is 0.408. The van der Waals surface area contributed by atoms with Crippen molar-refractivity contribution in [2.24, 2.45) is 18.4 Å². The molecule has 0 spiro atoms. The summed E-state index contributed by atoms with van der Waals surface area (Å²) in [6, 6.07) is 3.53. The van der Waals surface area contributed by atoms with E-state index in [0.29, 0.717) is 35.0 Å². The van der Waals surface area contributed by atoms with Gasteiger partial charge < -0.3 is 10.6 Å². The van der Waals surface area contributed by atoms with E-state index in [1.54, 1.807) is 30.1 Å². The summed E-state index contributed by atoms with van der Waals surface area (Å²) in [5.41, 5.74) is 6.09. The molecule has 0 radical (unpaired) electrons. The van der Waals surface area contributed by atoms with Gasteiger partial charge in [-0.05, 0) is 73.8 Å². The minimum atomic E-state index is -0.304. The third-order valence-electron chi connectivity index (χ3n) is 7.76. The topological polar surface area (TPSA) is 102 Å². The van der Waals surface area contributed by atoms with E-state index in [-0.39, 0.29) is 17.2 Å². The summed E-state index contributed by atoms with van der Waals surface area (Å²) in [6.45, 7) is 11.0. The van der Waals surface area contributed by atoms with E-state index < -0.39 is 0 Å². The molecule has 0 saturated heterocycles. The normalized spacial score (nSPS) is 16.9. The number of amides is 2. The molecule has 2 amide bonds. The number of hydrogen-bond acceptors (Lipinski definition) is 5. The summed E-state index contributed by atoms with van der Waals surface area (Å²) in [5, 5.41) is 10.3. The van der Waals surface area contributed by atoms with Gasteiger partial charge in [0, 0.05) is 43.4 Å². The lowest BCUT2D eigenvalue weighted by molar-refractivity contribution is 0.0935. The van der Waals surface area contributed by atoms with Crippen molar-refractivity contribution in [2.45, 2.75) is 60.3 Å². The first-order valence-corrected chi connectivity index (χ1v) is 13.3. The van der Waals surface area contributed by atoms with Crippen molar-refractivity contribution in [2.75, 3.05) is 11.9 Å². The van der Waals surface area contributed by atoms with Crippen LogP contribution in [0.3, 0.4) is 0 Å². The van der Waals surface area contributed by atoms with Crippen LogP contribution in [0.5, 0.6) is 0 Å². The Morgan fingerprint density at radius 2 is 1.76 bits per heavy atom. The summed E-state index contributed by atoms with van der Waals surface area (Å²) < 4.78 is 1.77. The number of rotatable bonds is 8. The zero-order chi connectivity index (χ0) is 27.4. The molecule has 0 aliphatic heterocycles. The fourth-order valence-electron chi connectivity index (χ4n) is 5.06. The monoisotopic (exact) mass is 514 g/mol. The van der Waals surface area contributed by atoms with Gasteiger partial charge in [-0.1, -0.05) is 27.2 Å². The molecule has 1 atom stereocenters. The molecule has 1 unspecified atom stereocenters. The molecule has 200 valence electrons. The number of carbonyl (C=O) groups is 2. The highest BCUT2D eigenvalue weighted by molar-refractivity contribution is 6.05. The zero-order valence-electron chi connectivity index (χ0n) is 23.3. The Labute approximate surface area is 225 Å². The summed E-state index contributed by atoms with van der Waals surface area (Å²) in [5.74, 6) is -0.0166. The Hall–Kier alpha value is -3.81. The standard InChI is InChI=1S/C30H38N6O2/c1-7-21(25-16-34-36(6)18-25)11-22-12-23(14-31-19(22)2)29(38)35-27-13-24(15-32-20(27)3)28(37)33-17-26-9-8-10-30(26,4)5/h11-16,18,26H,7-10,17H2,1-6H3,(H,33,37)(H,35,38)/b21-11+. The fourth-order valence-corrected chi connectivity index (χ4v) is 5.06. The first-order valence-electron chi connectivity index (χ1n) is 13.3. The predicted molar refractivity (Wildman–Crippen MR) is 151 cm³/mol. The Bertz CT molecular complexity index is 1370. The lowest BCUT2D eigenvalue weighted by atomic mass is 9.82. The van der Waals surface area contributed by atoms with Crippen LogP contribution >= 0.6 is 0 Å². The highest BCUT2D eigenvalue weighted by Crippen LogP contribution is 2.42. The van der Waals surface area contributed by atoms with Crippen LogP contribution in [0.15, 0.2) is 36.9 Å². The van der Waals surface area contributed by atoms with Gasteiger partial charge in [-0.3, -0.25) is 24.2 Å². The molecule has 1 aliphatic carbocycles. The van der Waals surface area contributed by atoms with Crippen LogP contribution in [0, 0.1) is 25.2 Å². The van der Waals surface area contributed by atoms with Crippen molar-refractivity contribution < 1.29 is 9.59 Å². The molecule has 8 heteroatoms. The molecule has 0 bridgehead atoms. The number of carbonyl (C=O) groups excluding carboxylic acids is 2. The Balaban J connectivity index is 1.49. The van der Waals surface area contributed by atoms with Crippen LogP contribution in [-0.2, 0) is 7.05 Å². The third kappa shape index (κ3) is 6.18. The van der Waals surface area contributed by atoms with Gasteiger partial charge in [-0.2, -0.15) is 5.10 Å². The molecular formula is C30H38N6O2. The first-order chi connectivity index (χ1) is 18.1. The molecule has 4 rings (SSSR count). The number of aryl methyl sites for hydroxylation is 3. The largest absolute Gasteiger partial charge is 0.352 e. The Morgan fingerprint density at radius 1 is 1.05 bits per heavy atom. The number of aromatic nitrogens is 4. The number of anilines is 1. The average Bonchev–Trinajstić information content (AvgIpc) is 3.47. The molecule has 3 heterocycles. The maximum atomic E-state index is 13.2. The van der Waals surface area contributed by atoms with Crippen LogP contribution in [0.4, 0.5) is 5.69 Å². The number of nitrogens with zero attached hydrogens (tertiary/aromatic N) is 4. The van der Waals surface area contributed by atoms with Gasteiger partial charge >= 0.3 is 0 Å². The van der Waals surface area contributed by atoms with Gasteiger partial charge in [-0.25, -0.2) is 0 Å². The number of pyridine rings is 2. The van der Waals surface area contributed by atoms with E-state index in [4.69, 9.17) is 0 Å². The molecular weight excluding hydrogens is 476 g/mol. The van der Waals surface area contributed by atoms with Crippen molar-refractivity contribution >= 4 is 29.2 Å².